The van der Waals surface area contributed by atoms with Gasteiger partial charge in [0.2, 0.25) is 5.41 Å². The van der Waals surface area contributed by atoms with Crippen LogP contribution in [0, 0.1) is 28.1 Å². The molecule has 2 aliphatic heterocycles. The van der Waals surface area contributed by atoms with Gasteiger partial charge in [0, 0.05) is 18.1 Å². The normalized spacial score (nSPS) is 25.9. The number of hydrogen-bond donors (Lipinski definition) is 1. The summed E-state index contributed by atoms with van der Waals surface area (Å²) in [4.78, 5) is 13.7. The molecule has 0 aliphatic carbocycles. The molecule has 1 unspecified atom stereocenters. The molecule has 29 heavy (non-hydrogen) atoms. The summed E-state index contributed by atoms with van der Waals surface area (Å²) in [5.74, 6) is -0.0242. The SMILES string of the molecule is CCOc1ccccc1[C@H]1[C@H](C(C)=O)[NH+]2C=Cc3ccccc3[C@H]2C1(C#N)C#N. The minimum Gasteiger partial charge on any atom is -0.494 e. The Hall–Kier alpha value is -3.41. The second kappa shape index (κ2) is 7.20. The average Bonchev–Trinajstić information content (AvgIpc) is 3.05. The highest BCUT2D eigenvalue weighted by atomic mass is 16.5. The molecule has 2 aromatic carbocycles. The van der Waals surface area contributed by atoms with Gasteiger partial charge in [0.25, 0.3) is 0 Å². The zero-order valence-corrected chi connectivity index (χ0v) is 16.4. The summed E-state index contributed by atoms with van der Waals surface area (Å²) in [6.07, 6.45) is 3.92. The number of nitriles is 2. The van der Waals surface area contributed by atoms with Crippen molar-refractivity contribution in [3.8, 4) is 17.9 Å². The molecule has 1 N–H and O–H groups in total. The smallest absolute Gasteiger partial charge is 0.212 e. The number of benzene rings is 2. The molecule has 5 nitrogen and oxygen atoms in total. The van der Waals surface area contributed by atoms with Crippen molar-refractivity contribution in [2.24, 2.45) is 5.41 Å². The molecule has 0 aromatic heterocycles. The molecule has 2 aliphatic rings. The van der Waals surface area contributed by atoms with Crippen molar-refractivity contribution in [2.45, 2.75) is 31.8 Å². The largest absolute Gasteiger partial charge is 0.494 e. The van der Waals surface area contributed by atoms with Crippen LogP contribution in [-0.2, 0) is 4.79 Å². The summed E-state index contributed by atoms with van der Waals surface area (Å²) >= 11 is 0. The number of carbonyl (C=O) groups excluding carboxylic acids is 1. The number of carbonyl (C=O) groups is 1. The van der Waals surface area contributed by atoms with Crippen LogP contribution < -0.4 is 9.64 Å². The maximum Gasteiger partial charge on any atom is 0.212 e. The number of rotatable bonds is 4. The predicted molar refractivity (Wildman–Crippen MR) is 108 cm³/mol. The summed E-state index contributed by atoms with van der Waals surface area (Å²) in [7, 11) is 0. The summed E-state index contributed by atoms with van der Waals surface area (Å²) in [6, 6.07) is 18.9. The van der Waals surface area contributed by atoms with Crippen LogP contribution in [-0.4, -0.2) is 18.4 Å². The van der Waals surface area contributed by atoms with Crippen LogP contribution >= 0.6 is 0 Å². The van der Waals surface area contributed by atoms with Crippen LogP contribution in [0.3, 0.4) is 0 Å². The topological polar surface area (TPSA) is 78.3 Å². The average molecular weight is 384 g/mol. The first-order valence-electron chi connectivity index (χ1n) is 9.77. The first-order valence-corrected chi connectivity index (χ1v) is 9.77. The monoisotopic (exact) mass is 384 g/mol. The van der Waals surface area contributed by atoms with E-state index in [-0.39, 0.29) is 5.78 Å². The highest BCUT2D eigenvalue weighted by Crippen LogP contribution is 2.53. The predicted octanol–water partition coefficient (Wildman–Crippen LogP) is 2.78. The standard InChI is InChI=1S/C24H21N3O2/c1-3-29-20-11-7-6-10-19(20)21-22(16(2)28)27-13-12-17-8-4-5-9-18(17)23(27)24(21,14-25)15-26/h4-13,21-23H,3H2,1-2H3/p+1/t21-,22-,23-/m0/s1. The van der Waals surface area contributed by atoms with Crippen molar-refractivity contribution in [3.63, 3.8) is 0 Å². The number of Topliss-reactive ketones (excluding diaryl/α,β-unsaturated/α-hetero) is 1. The molecule has 0 spiro atoms. The fourth-order valence-electron chi connectivity index (χ4n) is 5.03. The number of nitrogens with one attached hydrogen (secondary N) is 1. The summed E-state index contributed by atoms with van der Waals surface area (Å²) in [5, 5.41) is 20.7. The number of hydrogen-bond acceptors (Lipinski definition) is 4. The first kappa shape index (κ1) is 18.9. The number of para-hydroxylation sites is 1. The third kappa shape index (κ3) is 2.67. The quantitative estimate of drug-likeness (QED) is 0.879. The van der Waals surface area contributed by atoms with Crippen LogP contribution in [0.4, 0.5) is 0 Å². The third-order valence-electron chi connectivity index (χ3n) is 6.10. The summed E-state index contributed by atoms with van der Waals surface area (Å²) in [5.41, 5.74) is 1.25. The Bertz CT molecular complexity index is 1060. The lowest BCUT2D eigenvalue weighted by Crippen LogP contribution is -3.11. The van der Waals surface area contributed by atoms with E-state index in [9.17, 15) is 15.3 Å². The molecule has 1 saturated heterocycles. The Morgan fingerprint density at radius 1 is 1.10 bits per heavy atom. The van der Waals surface area contributed by atoms with Gasteiger partial charge in [-0.25, -0.2) is 0 Å². The van der Waals surface area contributed by atoms with Crippen LogP contribution in [0.5, 0.6) is 5.75 Å². The zero-order valence-electron chi connectivity index (χ0n) is 16.4. The molecular weight excluding hydrogens is 362 g/mol. The molecule has 0 radical (unpaired) electrons. The Morgan fingerprint density at radius 3 is 2.41 bits per heavy atom. The lowest BCUT2D eigenvalue weighted by molar-refractivity contribution is -0.885. The number of ketones is 1. The Balaban J connectivity index is 2.01. The van der Waals surface area contributed by atoms with E-state index in [4.69, 9.17) is 4.74 Å². The Kier molecular flexibility index (Phi) is 4.70. The van der Waals surface area contributed by atoms with E-state index < -0.39 is 23.4 Å². The highest BCUT2D eigenvalue weighted by molar-refractivity contribution is 5.83. The summed E-state index contributed by atoms with van der Waals surface area (Å²) in [6.45, 7) is 3.90. The maximum absolute atomic E-state index is 12.9. The van der Waals surface area contributed by atoms with Crippen molar-refractivity contribution in [3.05, 3.63) is 71.4 Å². The van der Waals surface area contributed by atoms with Crippen molar-refractivity contribution < 1.29 is 14.4 Å². The highest BCUT2D eigenvalue weighted by Gasteiger charge is 2.67. The van der Waals surface area contributed by atoms with Gasteiger partial charge in [0.1, 0.15) is 5.75 Å². The number of nitrogens with zero attached hydrogens (tertiary/aromatic N) is 2. The van der Waals surface area contributed by atoms with Crippen LogP contribution in [0.25, 0.3) is 6.08 Å². The lowest BCUT2D eigenvalue weighted by atomic mass is 9.67. The van der Waals surface area contributed by atoms with Crippen molar-refractivity contribution in [1.82, 2.24) is 0 Å². The number of fused-ring (bicyclic) bond motifs is 3. The van der Waals surface area contributed by atoms with E-state index in [0.717, 1.165) is 21.6 Å². The van der Waals surface area contributed by atoms with E-state index in [1.165, 1.54) is 0 Å². The molecule has 4 rings (SSSR count). The molecule has 0 bridgehead atoms. The molecule has 1 fully saturated rings. The second-order valence-electron chi connectivity index (χ2n) is 7.52. The van der Waals surface area contributed by atoms with Crippen molar-refractivity contribution >= 4 is 11.9 Å². The van der Waals surface area contributed by atoms with Gasteiger partial charge in [-0.15, -0.1) is 0 Å². The molecule has 0 amide bonds. The fourth-order valence-corrected chi connectivity index (χ4v) is 5.03. The second-order valence-corrected chi connectivity index (χ2v) is 7.52. The zero-order chi connectivity index (χ0) is 20.6. The third-order valence-corrected chi connectivity index (χ3v) is 6.10. The Morgan fingerprint density at radius 2 is 1.76 bits per heavy atom. The van der Waals surface area contributed by atoms with Gasteiger partial charge >= 0.3 is 0 Å². The molecule has 144 valence electrons. The van der Waals surface area contributed by atoms with Gasteiger partial charge < -0.3 is 4.74 Å². The van der Waals surface area contributed by atoms with Gasteiger partial charge in [0.15, 0.2) is 17.9 Å². The Labute approximate surface area is 170 Å². The van der Waals surface area contributed by atoms with E-state index >= 15 is 0 Å². The number of ether oxygens (including phenoxy) is 1. The van der Waals surface area contributed by atoms with E-state index in [0.29, 0.717) is 12.4 Å². The van der Waals surface area contributed by atoms with E-state index in [1.807, 2.05) is 67.7 Å². The molecule has 5 heteroatoms. The van der Waals surface area contributed by atoms with E-state index in [1.54, 1.807) is 6.92 Å². The van der Waals surface area contributed by atoms with Crippen molar-refractivity contribution in [1.29, 1.82) is 10.5 Å². The van der Waals surface area contributed by atoms with Gasteiger partial charge in [-0.2, -0.15) is 10.5 Å². The summed E-state index contributed by atoms with van der Waals surface area (Å²) < 4.78 is 5.83. The van der Waals surface area contributed by atoms with Crippen LogP contribution in [0.15, 0.2) is 54.7 Å². The van der Waals surface area contributed by atoms with Crippen LogP contribution in [0.1, 0.15) is 42.5 Å². The molecule has 0 saturated carbocycles. The van der Waals surface area contributed by atoms with Gasteiger partial charge in [-0.3, -0.25) is 9.69 Å². The molecule has 2 aromatic rings. The lowest BCUT2D eigenvalue weighted by Gasteiger charge is -2.29. The van der Waals surface area contributed by atoms with Crippen molar-refractivity contribution in [2.75, 3.05) is 6.61 Å². The van der Waals surface area contributed by atoms with E-state index in [2.05, 4.69) is 12.1 Å². The molecule has 2 heterocycles. The van der Waals surface area contributed by atoms with Gasteiger partial charge in [0.05, 0.1) is 30.9 Å². The van der Waals surface area contributed by atoms with Crippen LogP contribution in [0.2, 0.25) is 0 Å². The first-order chi connectivity index (χ1) is 14.1. The minimum absolute atomic E-state index is 0.0438. The number of quaternary nitrogens is 1. The molecule has 4 atom stereocenters. The fraction of sp³-hybridized carbons (Fsp3) is 0.292. The maximum atomic E-state index is 12.9. The minimum atomic E-state index is -1.40. The molecular formula is C24H22N3O2+. The van der Waals surface area contributed by atoms with Gasteiger partial charge in [-0.05, 0) is 24.6 Å². The van der Waals surface area contributed by atoms with Gasteiger partial charge in [-0.1, -0.05) is 42.5 Å².